The molecule has 0 aromatic heterocycles. The summed E-state index contributed by atoms with van der Waals surface area (Å²) in [6.45, 7) is 4.59. The Morgan fingerprint density at radius 3 is 2.60 bits per heavy atom. The predicted molar refractivity (Wildman–Crippen MR) is 80.2 cm³/mol. The van der Waals surface area contributed by atoms with Crippen LogP contribution < -0.4 is 10.5 Å². The minimum atomic E-state index is -0.269. The molecule has 0 aliphatic rings. The van der Waals surface area contributed by atoms with Crippen LogP contribution in [-0.2, 0) is 0 Å². The van der Waals surface area contributed by atoms with Gasteiger partial charge in [0.1, 0.15) is 11.6 Å². The minimum Gasteiger partial charge on any atom is -0.493 e. The van der Waals surface area contributed by atoms with Crippen molar-refractivity contribution in [3.8, 4) is 16.9 Å². The Bertz CT molecular complexity index is 581. The zero-order valence-electron chi connectivity index (χ0n) is 11.9. The summed E-state index contributed by atoms with van der Waals surface area (Å²) >= 11 is 0. The van der Waals surface area contributed by atoms with E-state index in [1.165, 1.54) is 12.1 Å². The molecule has 0 aliphatic carbocycles. The fraction of sp³-hybridized carbons (Fsp3) is 0.294. The second-order valence-corrected chi connectivity index (χ2v) is 4.86. The van der Waals surface area contributed by atoms with E-state index in [0.29, 0.717) is 6.61 Å². The van der Waals surface area contributed by atoms with Crippen molar-refractivity contribution in [1.29, 1.82) is 0 Å². The first-order valence-electron chi connectivity index (χ1n) is 6.90. The quantitative estimate of drug-likeness (QED) is 0.881. The van der Waals surface area contributed by atoms with Crippen LogP contribution in [0.5, 0.6) is 5.75 Å². The van der Waals surface area contributed by atoms with Crippen molar-refractivity contribution in [3.05, 3.63) is 53.8 Å². The van der Waals surface area contributed by atoms with E-state index in [2.05, 4.69) is 6.92 Å². The summed E-state index contributed by atoms with van der Waals surface area (Å²) in [7, 11) is 0. The SMILES string of the molecule is CCCOc1ccccc1-c1cc(F)ccc1C(C)N. The van der Waals surface area contributed by atoms with Gasteiger partial charge in [-0.15, -0.1) is 0 Å². The Labute approximate surface area is 119 Å². The number of hydrogen-bond acceptors (Lipinski definition) is 2. The van der Waals surface area contributed by atoms with E-state index in [9.17, 15) is 4.39 Å². The van der Waals surface area contributed by atoms with E-state index in [-0.39, 0.29) is 11.9 Å². The minimum absolute atomic E-state index is 0.162. The standard InChI is InChI=1S/C17H20FNO/c1-3-10-20-17-7-5-4-6-15(17)16-11-13(18)8-9-14(16)12(2)19/h4-9,11-12H,3,10,19H2,1-2H3. The van der Waals surface area contributed by atoms with Gasteiger partial charge in [-0.05, 0) is 42.7 Å². The summed E-state index contributed by atoms with van der Waals surface area (Å²) in [6.07, 6.45) is 0.928. The lowest BCUT2D eigenvalue weighted by Crippen LogP contribution is -2.07. The van der Waals surface area contributed by atoms with Crippen LogP contribution in [0.25, 0.3) is 11.1 Å². The number of benzene rings is 2. The first-order chi connectivity index (χ1) is 9.63. The number of ether oxygens (including phenoxy) is 1. The maximum atomic E-state index is 13.6. The molecule has 0 radical (unpaired) electrons. The lowest BCUT2D eigenvalue weighted by Gasteiger charge is -2.16. The summed E-state index contributed by atoms with van der Waals surface area (Å²) in [4.78, 5) is 0. The lowest BCUT2D eigenvalue weighted by molar-refractivity contribution is 0.318. The molecule has 0 saturated carbocycles. The highest BCUT2D eigenvalue weighted by molar-refractivity contribution is 5.73. The fourth-order valence-corrected chi connectivity index (χ4v) is 2.19. The topological polar surface area (TPSA) is 35.2 Å². The van der Waals surface area contributed by atoms with Crippen LogP contribution in [0.4, 0.5) is 4.39 Å². The first-order valence-corrected chi connectivity index (χ1v) is 6.90. The Morgan fingerprint density at radius 1 is 1.15 bits per heavy atom. The van der Waals surface area contributed by atoms with Gasteiger partial charge in [-0.25, -0.2) is 4.39 Å². The fourth-order valence-electron chi connectivity index (χ4n) is 2.19. The molecule has 2 N–H and O–H groups in total. The van der Waals surface area contributed by atoms with E-state index < -0.39 is 0 Å². The van der Waals surface area contributed by atoms with Crippen LogP contribution in [-0.4, -0.2) is 6.61 Å². The maximum Gasteiger partial charge on any atom is 0.127 e. The van der Waals surface area contributed by atoms with Gasteiger partial charge in [0.25, 0.3) is 0 Å². The van der Waals surface area contributed by atoms with Crippen LogP contribution in [0.15, 0.2) is 42.5 Å². The molecular formula is C17H20FNO. The largest absolute Gasteiger partial charge is 0.493 e. The van der Waals surface area contributed by atoms with Gasteiger partial charge in [-0.3, -0.25) is 0 Å². The van der Waals surface area contributed by atoms with Gasteiger partial charge in [-0.2, -0.15) is 0 Å². The van der Waals surface area contributed by atoms with Gasteiger partial charge >= 0.3 is 0 Å². The average molecular weight is 273 g/mol. The van der Waals surface area contributed by atoms with Crippen molar-refractivity contribution in [3.63, 3.8) is 0 Å². The molecular weight excluding hydrogens is 253 g/mol. The van der Waals surface area contributed by atoms with E-state index in [0.717, 1.165) is 28.9 Å². The summed E-state index contributed by atoms with van der Waals surface area (Å²) in [5.74, 6) is 0.497. The summed E-state index contributed by atoms with van der Waals surface area (Å²) in [5.41, 5.74) is 8.58. The van der Waals surface area contributed by atoms with E-state index >= 15 is 0 Å². The van der Waals surface area contributed by atoms with Crippen LogP contribution in [0, 0.1) is 5.82 Å². The molecule has 1 unspecified atom stereocenters. The number of hydrogen-bond donors (Lipinski definition) is 1. The summed E-state index contributed by atoms with van der Waals surface area (Å²) in [5, 5.41) is 0. The molecule has 1 atom stereocenters. The first kappa shape index (κ1) is 14.5. The third kappa shape index (κ3) is 3.17. The van der Waals surface area contributed by atoms with Crippen molar-refractivity contribution in [2.75, 3.05) is 6.61 Å². The van der Waals surface area contributed by atoms with Crippen LogP contribution in [0.3, 0.4) is 0 Å². The summed E-state index contributed by atoms with van der Waals surface area (Å²) in [6, 6.07) is 12.2. The maximum absolute atomic E-state index is 13.6. The monoisotopic (exact) mass is 273 g/mol. The van der Waals surface area contributed by atoms with E-state index in [1.54, 1.807) is 6.07 Å². The van der Waals surface area contributed by atoms with E-state index in [4.69, 9.17) is 10.5 Å². The molecule has 0 aliphatic heterocycles. The van der Waals surface area contributed by atoms with Crippen molar-refractivity contribution in [2.45, 2.75) is 26.3 Å². The van der Waals surface area contributed by atoms with Crippen molar-refractivity contribution >= 4 is 0 Å². The summed E-state index contributed by atoms with van der Waals surface area (Å²) < 4.78 is 19.4. The third-order valence-corrected chi connectivity index (χ3v) is 3.14. The van der Waals surface area contributed by atoms with Gasteiger partial charge < -0.3 is 10.5 Å². The molecule has 2 rings (SSSR count). The van der Waals surface area contributed by atoms with Crippen LogP contribution in [0.1, 0.15) is 31.9 Å². The van der Waals surface area contributed by atoms with Crippen LogP contribution in [0.2, 0.25) is 0 Å². The molecule has 3 heteroatoms. The van der Waals surface area contributed by atoms with Crippen molar-refractivity contribution in [1.82, 2.24) is 0 Å². The van der Waals surface area contributed by atoms with Gasteiger partial charge in [-0.1, -0.05) is 31.2 Å². The second-order valence-electron chi connectivity index (χ2n) is 4.86. The highest BCUT2D eigenvalue weighted by Gasteiger charge is 2.13. The normalized spacial score (nSPS) is 12.2. The van der Waals surface area contributed by atoms with Crippen molar-refractivity contribution < 1.29 is 9.13 Å². The van der Waals surface area contributed by atoms with E-state index in [1.807, 2.05) is 31.2 Å². The Hall–Kier alpha value is -1.87. The van der Waals surface area contributed by atoms with Gasteiger partial charge in [0, 0.05) is 11.6 Å². The van der Waals surface area contributed by atoms with Gasteiger partial charge in [0.2, 0.25) is 0 Å². The predicted octanol–water partition coefficient (Wildman–Crippen LogP) is 4.30. The van der Waals surface area contributed by atoms with Gasteiger partial charge in [0.05, 0.1) is 6.61 Å². The third-order valence-electron chi connectivity index (χ3n) is 3.14. The molecule has 2 aromatic rings. The molecule has 2 nitrogen and oxygen atoms in total. The zero-order chi connectivity index (χ0) is 14.5. The Kier molecular flexibility index (Phi) is 4.74. The molecule has 0 saturated heterocycles. The number of rotatable bonds is 5. The molecule has 20 heavy (non-hydrogen) atoms. The molecule has 0 amide bonds. The van der Waals surface area contributed by atoms with Crippen molar-refractivity contribution in [2.24, 2.45) is 5.73 Å². The van der Waals surface area contributed by atoms with Crippen LogP contribution >= 0.6 is 0 Å². The zero-order valence-corrected chi connectivity index (χ0v) is 11.9. The second kappa shape index (κ2) is 6.53. The lowest BCUT2D eigenvalue weighted by atomic mass is 9.95. The molecule has 106 valence electrons. The number of para-hydroxylation sites is 1. The molecule has 0 fully saturated rings. The molecule has 0 bridgehead atoms. The highest BCUT2D eigenvalue weighted by Crippen LogP contribution is 2.34. The average Bonchev–Trinajstić information content (AvgIpc) is 2.45. The number of nitrogens with two attached hydrogens (primary N) is 1. The number of halogens is 1. The molecule has 0 heterocycles. The highest BCUT2D eigenvalue weighted by atomic mass is 19.1. The Morgan fingerprint density at radius 2 is 1.90 bits per heavy atom. The molecule has 2 aromatic carbocycles. The Balaban J connectivity index is 2.53. The molecule has 0 spiro atoms. The smallest absolute Gasteiger partial charge is 0.127 e. The van der Waals surface area contributed by atoms with Gasteiger partial charge in [0.15, 0.2) is 0 Å².